The Balaban J connectivity index is 2.41. The third-order valence-corrected chi connectivity index (χ3v) is 3.35. The Morgan fingerprint density at radius 1 is 1.38 bits per heavy atom. The number of carbonyl (C=O) groups is 1. The zero-order chi connectivity index (χ0) is 12.0. The van der Waals surface area contributed by atoms with E-state index in [0.29, 0.717) is 17.9 Å². The van der Waals surface area contributed by atoms with Gasteiger partial charge in [-0.05, 0) is 45.2 Å². The lowest BCUT2D eigenvalue weighted by molar-refractivity contribution is -0.134. The zero-order valence-electron chi connectivity index (χ0n) is 11.0. The van der Waals surface area contributed by atoms with Gasteiger partial charge in [-0.3, -0.25) is 4.79 Å². The molecular weight excluding hydrogens is 200 g/mol. The van der Waals surface area contributed by atoms with E-state index in [9.17, 15) is 4.79 Å². The van der Waals surface area contributed by atoms with Crippen LogP contribution in [0.25, 0.3) is 0 Å². The van der Waals surface area contributed by atoms with Crippen molar-refractivity contribution in [3.63, 3.8) is 0 Å². The Morgan fingerprint density at radius 3 is 2.50 bits per heavy atom. The lowest BCUT2D eigenvalue weighted by Crippen LogP contribution is -2.46. The first-order valence-corrected chi connectivity index (χ1v) is 6.65. The minimum atomic E-state index is 0.350. The molecule has 0 bridgehead atoms. The van der Waals surface area contributed by atoms with Gasteiger partial charge in [0.2, 0.25) is 5.91 Å². The smallest absolute Gasteiger partial charge is 0.222 e. The van der Waals surface area contributed by atoms with Gasteiger partial charge in [0.1, 0.15) is 0 Å². The van der Waals surface area contributed by atoms with Crippen molar-refractivity contribution in [1.82, 2.24) is 10.2 Å². The number of rotatable bonds is 5. The van der Waals surface area contributed by atoms with Crippen LogP contribution in [0, 0.1) is 5.92 Å². The third kappa shape index (κ3) is 4.12. The summed E-state index contributed by atoms with van der Waals surface area (Å²) in [6, 6.07) is 0.478. The predicted octanol–water partition coefficient (Wildman–Crippen LogP) is 2.02. The first kappa shape index (κ1) is 13.5. The van der Waals surface area contributed by atoms with Crippen molar-refractivity contribution >= 4 is 5.91 Å². The Labute approximate surface area is 99.6 Å². The Morgan fingerprint density at radius 2 is 2.00 bits per heavy atom. The van der Waals surface area contributed by atoms with Crippen molar-refractivity contribution < 1.29 is 4.79 Å². The van der Waals surface area contributed by atoms with Gasteiger partial charge in [-0.1, -0.05) is 13.8 Å². The maximum atomic E-state index is 12.1. The highest BCUT2D eigenvalue weighted by atomic mass is 16.2. The molecule has 94 valence electrons. The molecule has 1 rings (SSSR count). The van der Waals surface area contributed by atoms with E-state index in [-0.39, 0.29) is 0 Å². The Hall–Kier alpha value is -0.570. The van der Waals surface area contributed by atoms with Crippen LogP contribution in [0.3, 0.4) is 0 Å². The van der Waals surface area contributed by atoms with Crippen LogP contribution in [0.1, 0.15) is 46.5 Å². The molecule has 0 radical (unpaired) electrons. The quantitative estimate of drug-likeness (QED) is 0.778. The molecule has 0 aromatic heterocycles. The lowest BCUT2D eigenvalue weighted by Gasteiger charge is -2.34. The summed E-state index contributed by atoms with van der Waals surface area (Å²) in [5.74, 6) is 0.971. The van der Waals surface area contributed by atoms with E-state index in [1.807, 2.05) is 0 Å². The van der Waals surface area contributed by atoms with Gasteiger partial charge in [-0.15, -0.1) is 0 Å². The highest BCUT2D eigenvalue weighted by molar-refractivity contribution is 5.76. The van der Waals surface area contributed by atoms with Crippen molar-refractivity contribution in [3.8, 4) is 0 Å². The molecule has 0 atom stereocenters. The summed E-state index contributed by atoms with van der Waals surface area (Å²) in [7, 11) is 0. The van der Waals surface area contributed by atoms with Gasteiger partial charge in [0.25, 0.3) is 0 Å². The van der Waals surface area contributed by atoms with Crippen molar-refractivity contribution in [3.05, 3.63) is 0 Å². The third-order valence-electron chi connectivity index (χ3n) is 3.35. The minimum Gasteiger partial charge on any atom is -0.340 e. The molecule has 16 heavy (non-hydrogen) atoms. The van der Waals surface area contributed by atoms with Crippen molar-refractivity contribution in [2.75, 3.05) is 19.6 Å². The molecule has 1 amide bonds. The molecule has 0 aromatic rings. The van der Waals surface area contributed by atoms with Gasteiger partial charge in [-0.2, -0.15) is 0 Å². The summed E-state index contributed by atoms with van der Waals surface area (Å²) in [5.41, 5.74) is 0. The summed E-state index contributed by atoms with van der Waals surface area (Å²) < 4.78 is 0. The second kappa shape index (κ2) is 6.89. The minimum absolute atomic E-state index is 0.350. The molecule has 1 N–H and O–H groups in total. The van der Waals surface area contributed by atoms with E-state index in [1.165, 1.54) is 0 Å². The van der Waals surface area contributed by atoms with Crippen LogP contribution in [0.2, 0.25) is 0 Å². The Bertz CT molecular complexity index is 210. The van der Waals surface area contributed by atoms with Crippen molar-refractivity contribution in [1.29, 1.82) is 0 Å². The molecule has 1 fully saturated rings. The predicted molar refractivity (Wildman–Crippen MR) is 67.4 cm³/mol. The number of nitrogens with zero attached hydrogens (tertiary/aromatic N) is 1. The number of amides is 1. The fourth-order valence-corrected chi connectivity index (χ4v) is 2.31. The summed E-state index contributed by atoms with van der Waals surface area (Å²) in [4.78, 5) is 14.2. The van der Waals surface area contributed by atoms with Crippen LogP contribution in [-0.2, 0) is 4.79 Å². The SMILES string of the molecule is CCN(C(=O)CCC(C)C)C1CCNCC1. The van der Waals surface area contributed by atoms with E-state index in [4.69, 9.17) is 0 Å². The van der Waals surface area contributed by atoms with Gasteiger partial charge in [-0.25, -0.2) is 0 Å². The first-order valence-electron chi connectivity index (χ1n) is 6.65. The van der Waals surface area contributed by atoms with Crippen molar-refractivity contribution in [2.45, 2.75) is 52.5 Å². The van der Waals surface area contributed by atoms with Crippen molar-refractivity contribution in [2.24, 2.45) is 5.92 Å². The first-order chi connectivity index (χ1) is 7.65. The second-order valence-corrected chi connectivity index (χ2v) is 5.09. The molecule has 1 heterocycles. The van der Waals surface area contributed by atoms with Gasteiger partial charge in [0, 0.05) is 19.0 Å². The summed E-state index contributed by atoms with van der Waals surface area (Å²) in [6.07, 6.45) is 3.96. The number of piperidine rings is 1. The van der Waals surface area contributed by atoms with Gasteiger partial charge >= 0.3 is 0 Å². The molecule has 0 aliphatic carbocycles. The van der Waals surface area contributed by atoms with Crippen LogP contribution in [0.4, 0.5) is 0 Å². The number of nitrogens with one attached hydrogen (secondary N) is 1. The summed E-state index contributed by atoms with van der Waals surface area (Å²) in [5, 5.41) is 3.34. The van der Waals surface area contributed by atoms with Gasteiger partial charge in [0.05, 0.1) is 0 Å². The molecule has 0 saturated carbocycles. The molecule has 1 saturated heterocycles. The molecule has 1 aliphatic heterocycles. The van der Waals surface area contributed by atoms with Crippen LogP contribution in [-0.4, -0.2) is 36.5 Å². The summed E-state index contributed by atoms with van der Waals surface area (Å²) >= 11 is 0. The van der Waals surface area contributed by atoms with Crippen LogP contribution in [0.5, 0.6) is 0 Å². The topological polar surface area (TPSA) is 32.3 Å². The van der Waals surface area contributed by atoms with Gasteiger partial charge in [0.15, 0.2) is 0 Å². The molecule has 1 aliphatic rings. The van der Waals surface area contributed by atoms with E-state index < -0.39 is 0 Å². The molecule has 0 unspecified atom stereocenters. The van der Waals surface area contributed by atoms with Gasteiger partial charge < -0.3 is 10.2 Å². The number of hydrogen-bond donors (Lipinski definition) is 1. The average Bonchev–Trinajstić information content (AvgIpc) is 2.29. The van der Waals surface area contributed by atoms with E-state index in [1.54, 1.807) is 0 Å². The van der Waals surface area contributed by atoms with Crippen LogP contribution < -0.4 is 5.32 Å². The molecule has 0 spiro atoms. The van der Waals surface area contributed by atoms with E-state index in [0.717, 1.165) is 45.3 Å². The largest absolute Gasteiger partial charge is 0.340 e. The maximum absolute atomic E-state index is 12.1. The monoisotopic (exact) mass is 226 g/mol. The number of carbonyl (C=O) groups excluding carboxylic acids is 1. The highest BCUT2D eigenvalue weighted by Crippen LogP contribution is 2.14. The second-order valence-electron chi connectivity index (χ2n) is 5.09. The molecular formula is C13H26N2O. The highest BCUT2D eigenvalue weighted by Gasteiger charge is 2.23. The summed E-state index contributed by atoms with van der Waals surface area (Å²) in [6.45, 7) is 9.41. The average molecular weight is 226 g/mol. The standard InChI is InChI=1S/C13H26N2O/c1-4-15(12-7-9-14-10-8-12)13(16)6-5-11(2)3/h11-12,14H,4-10H2,1-3H3. The van der Waals surface area contributed by atoms with Crippen LogP contribution >= 0.6 is 0 Å². The fraction of sp³-hybridized carbons (Fsp3) is 0.923. The van der Waals surface area contributed by atoms with Crippen LogP contribution in [0.15, 0.2) is 0 Å². The number of hydrogen-bond acceptors (Lipinski definition) is 2. The fourth-order valence-electron chi connectivity index (χ4n) is 2.31. The molecule has 3 nitrogen and oxygen atoms in total. The van der Waals surface area contributed by atoms with E-state index in [2.05, 4.69) is 31.0 Å². The Kier molecular flexibility index (Phi) is 5.81. The molecule has 3 heteroatoms. The maximum Gasteiger partial charge on any atom is 0.222 e. The van der Waals surface area contributed by atoms with E-state index >= 15 is 0 Å². The lowest BCUT2D eigenvalue weighted by atomic mass is 10.0. The molecule has 0 aromatic carbocycles. The normalized spacial score (nSPS) is 17.8. The zero-order valence-corrected chi connectivity index (χ0v) is 11.0.